The van der Waals surface area contributed by atoms with Gasteiger partial charge in [-0.05, 0) is 50.7 Å². The number of anilines is 1. The highest BCUT2D eigenvalue weighted by atomic mass is 35.5. The summed E-state index contributed by atoms with van der Waals surface area (Å²) in [4.78, 5) is 24.5. The zero-order valence-corrected chi connectivity index (χ0v) is 16.2. The molecule has 9 heteroatoms. The third kappa shape index (κ3) is 7.44. The van der Waals surface area contributed by atoms with Gasteiger partial charge in [0.25, 0.3) is 0 Å². The van der Waals surface area contributed by atoms with E-state index >= 15 is 0 Å². The smallest absolute Gasteiger partial charge is 0.340 e. The first-order valence-corrected chi connectivity index (χ1v) is 8.66. The normalized spacial score (nSPS) is 18.3. The lowest BCUT2D eigenvalue weighted by Gasteiger charge is -2.28. The van der Waals surface area contributed by atoms with Crippen molar-refractivity contribution in [1.82, 2.24) is 5.32 Å². The number of ether oxygens (including phenoxy) is 1. The van der Waals surface area contributed by atoms with Crippen molar-refractivity contribution in [3.63, 3.8) is 0 Å². The summed E-state index contributed by atoms with van der Waals surface area (Å²) in [6.07, 6.45) is 3.41. The van der Waals surface area contributed by atoms with Gasteiger partial charge in [-0.3, -0.25) is 10.2 Å². The minimum absolute atomic E-state index is 0. The molecule has 0 bridgehead atoms. The number of amides is 1. The molecule has 0 aromatic heterocycles. The fourth-order valence-electron chi connectivity index (χ4n) is 3.10. The number of halogens is 1. The van der Waals surface area contributed by atoms with Gasteiger partial charge in [0, 0.05) is 12.5 Å². The van der Waals surface area contributed by atoms with Crippen LogP contribution in [0.3, 0.4) is 0 Å². The number of nitrogens with two attached hydrogens (primary N) is 1. The second kappa shape index (κ2) is 12.1. The maximum absolute atomic E-state index is 12.5. The molecule has 152 valence electrons. The molecular weight excluding hydrogens is 372 g/mol. The molecule has 8 nitrogen and oxygen atoms in total. The summed E-state index contributed by atoms with van der Waals surface area (Å²) in [5.74, 6) is -0.147. The van der Waals surface area contributed by atoms with Crippen molar-refractivity contribution < 1.29 is 19.8 Å². The van der Waals surface area contributed by atoms with Crippen LogP contribution in [0.25, 0.3) is 0 Å². The third-order valence-corrected chi connectivity index (χ3v) is 4.48. The maximum Gasteiger partial charge on any atom is 0.340 e. The molecule has 0 heterocycles. The summed E-state index contributed by atoms with van der Waals surface area (Å²) in [5, 5.41) is 12.9. The zero-order valence-electron chi connectivity index (χ0n) is 15.4. The van der Waals surface area contributed by atoms with Gasteiger partial charge in [0.1, 0.15) is 0 Å². The second-order valence-electron chi connectivity index (χ2n) is 6.27. The van der Waals surface area contributed by atoms with Crippen molar-refractivity contribution in [2.75, 3.05) is 18.5 Å². The summed E-state index contributed by atoms with van der Waals surface area (Å²) >= 11 is 0. The number of hydrogen-bond acceptors (Lipinski definition) is 4. The van der Waals surface area contributed by atoms with Crippen molar-refractivity contribution in [2.45, 2.75) is 32.6 Å². The van der Waals surface area contributed by atoms with Crippen molar-refractivity contribution >= 4 is 35.9 Å². The lowest BCUT2D eigenvalue weighted by atomic mass is 9.81. The van der Waals surface area contributed by atoms with E-state index in [0.717, 1.165) is 25.7 Å². The summed E-state index contributed by atoms with van der Waals surface area (Å²) < 4.78 is 5.03. The molecule has 0 spiro atoms. The van der Waals surface area contributed by atoms with Gasteiger partial charge in [0.15, 0.2) is 5.96 Å². The highest BCUT2D eigenvalue weighted by Gasteiger charge is 2.27. The number of rotatable bonds is 6. The summed E-state index contributed by atoms with van der Waals surface area (Å²) in [7, 11) is 0. The summed E-state index contributed by atoms with van der Waals surface area (Å²) in [5.41, 5.74) is 6.17. The number of carbonyl (C=O) groups is 2. The average Bonchev–Trinajstić information content (AvgIpc) is 2.61. The van der Waals surface area contributed by atoms with E-state index in [-0.39, 0.29) is 35.7 Å². The van der Waals surface area contributed by atoms with E-state index in [2.05, 4.69) is 10.6 Å². The van der Waals surface area contributed by atoms with E-state index in [0.29, 0.717) is 30.3 Å². The van der Waals surface area contributed by atoms with Crippen molar-refractivity contribution in [3.05, 3.63) is 29.8 Å². The first-order valence-electron chi connectivity index (χ1n) is 8.66. The van der Waals surface area contributed by atoms with Crippen LogP contribution >= 0.6 is 12.4 Å². The first-order chi connectivity index (χ1) is 12.0. The molecule has 1 aliphatic rings. The Labute approximate surface area is 165 Å². The van der Waals surface area contributed by atoms with Crippen molar-refractivity contribution in [2.24, 2.45) is 17.6 Å². The Morgan fingerprint density at radius 3 is 2.44 bits per heavy atom. The number of benzene rings is 1. The van der Waals surface area contributed by atoms with Crippen LogP contribution < -0.4 is 16.4 Å². The molecule has 0 atom stereocenters. The Morgan fingerprint density at radius 2 is 1.85 bits per heavy atom. The van der Waals surface area contributed by atoms with Gasteiger partial charge in [-0.25, -0.2) is 4.79 Å². The Kier molecular flexibility index (Phi) is 11.1. The lowest BCUT2D eigenvalue weighted by molar-refractivity contribution is -0.121. The van der Waals surface area contributed by atoms with E-state index < -0.39 is 5.97 Å². The fourth-order valence-corrected chi connectivity index (χ4v) is 3.10. The lowest BCUT2D eigenvalue weighted by Crippen LogP contribution is -2.36. The van der Waals surface area contributed by atoms with Crippen LogP contribution in [-0.2, 0) is 9.53 Å². The molecule has 0 saturated heterocycles. The fraction of sp³-hybridized carbons (Fsp3) is 0.500. The molecule has 0 aliphatic heterocycles. The van der Waals surface area contributed by atoms with Crippen molar-refractivity contribution in [1.29, 1.82) is 5.41 Å². The number of esters is 1. The third-order valence-electron chi connectivity index (χ3n) is 4.48. The molecule has 1 aromatic rings. The Hall–Kier alpha value is -2.32. The number of hydrogen-bond donors (Lipinski definition) is 4. The van der Waals surface area contributed by atoms with E-state index in [9.17, 15) is 9.59 Å². The van der Waals surface area contributed by atoms with Gasteiger partial charge in [-0.1, -0.05) is 12.1 Å². The minimum Gasteiger partial charge on any atom is -0.462 e. The molecule has 1 aromatic carbocycles. The van der Waals surface area contributed by atoms with Gasteiger partial charge in [0.2, 0.25) is 5.91 Å². The highest BCUT2D eigenvalue weighted by Crippen LogP contribution is 2.29. The molecular formula is C18H29ClN4O4. The van der Waals surface area contributed by atoms with Gasteiger partial charge >= 0.3 is 5.97 Å². The van der Waals surface area contributed by atoms with Crippen LogP contribution in [0.4, 0.5) is 5.69 Å². The largest absolute Gasteiger partial charge is 0.462 e. The molecule has 2 rings (SSSR count). The highest BCUT2D eigenvalue weighted by molar-refractivity contribution is 6.01. The minimum atomic E-state index is -0.433. The molecule has 27 heavy (non-hydrogen) atoms. The summed E-state index contributed by atoms with van der Waals surface area (Å²) in [6.45, 7) is 2.72. The SMILES string of the molecule is CCOC(=O)c1ccccc1NC(=O)C1CCC(CNC(=N)N)CC1.Cl.O. The Balaban J connectivity index is 0.00000338. The predicted octanol–water partition coefficient (Wildman–Crippen LogP) is 1.69. The maximum atomic E-state index is 12.5. The Bertz CT molecular complexity index is 634. The van der Waals surface area contributed by atoms with Gasteiger partial charge < -0.3 is 26.6 Å². The summed E-state index contributed by atoms with van der Waals surface area (Å²) in [6, 6.07) is 6.89. The number of guanidine groups is 1. The molecule has 7 N–H and O–H groups in total. The topological polar surface area (TPSA) is 149 Å². The first kappa shape index (κ1) is 24.7. The molecule has 0 radical (unpaired) electrons. The standard InChI is InChI=1S/C18H26N4O3.ClH.H2O/c1-2-25-17(24)14-5-3-4-6-15(14)22-16(23)13-9-7-12(8-10-13)11-21-18(19)20;;/h3-6,12-13H,2,7-11H2,1H3,(H,22,23)(H4,19,20,21);1H;1H2. The number of carbonyl (C=O) groups excluding carboxylic acids is 2. The van der Waals surface area contributed by atoms with E-state index in [1.54, 1.807) is 31.2 Å². The number of nitrogens with one attached hydrogen (secondary N) is 3. The van der Waals surface area contributed by atoms with Crippen LogP contribution in [0.2, 0.25) is 0 Å². The predicted molar refractivity (Wildman–Crippen MR) is 107 cm³/mol. The second-order valence-corrected chi connectivity index (χ2v) is 6.27. The average molecular weight is 401 g/mol. The number of para-hydroxylation sites is 1. The van der Waals surface area contributed by atoms with Crippen LogP contribution in [0.5, 0.6) is 0 Å². The van der Waals surface area contributed by atoms with E-state index in [4.69, 9.17) is 15.9 Å². The van der Waals surface area contributed by atoms with Crippen molar-refractivity contribution in [3.8, 4) is 0 Å². The van der Waals surface area contributed by atoms with Crippen LogP contribution in [0, 0.1) is 17.2 Å². The van der Waals surface area contributed by atoms with Crippen LogP contribution in [0.15, 0.2) is 24.3 Å². The van der Waals surface area contributed by atoms with Gasteiger partial charge in [-0.2, -0.15) is 0 Å². The Morgan fingerprint density at radius 1 is 1.22 bits per heavy atom. The molecule has 1 aliphatic carbocycles. The van der Waals surface area contributed by atoms with Crippen LogP contribution in [0.1, 0.15) is 43.0 Å². The molecule has 1 amide bonds. The zero-order chi connectivity index (χ0) is 18.2. The molecule has 1 saturated carbocycles. The molecule has 0 unspecified atom stereocenters. The molecule has 1 fully saturated rings. The monoisotopic (exact) mass is 400 g/mol. The van der Waals surface area contributed by atoms with E-state index in [1.807, 2.05) is 0 Å². The van der Waals surface area contributed by atoms with Gasteiger partial charge in [-0.15, -0.1) is 12.4 Å². The van der Waals surface area contributed by atoms with E-state index in [1.165, 1.54) is 0 Å². The van der Waals surface area contributed by atoms with Gasteiger partial charge in [0.05, 0.1) is 17.9 Å². The quantitative estimate of drug-likeness (QED) is 0.325. The van der Waals surface area contributed by atoms with Crippen LogP contribution in [-0.4, -0.2) is 36.5 Å².